The number of nitrogens with one attached hydrogen (secondary N) is 1. The standard InChI is InChI=1S/C12H17FN2O/c1-16-12-7-11(9(13)6-10(12)14)15-8-4-2-3-5-8/h6-8,15H,2-5,14H2,1H3. The Labute approximate surface area is 94.8 Å². The lowest BCUT2D eigenvalue weighted by Crippen LogP contribution is -2.15. The quantitative estimate of drug-likeness (QED) is 0.776. The zero-order valence-electron chi connectivity index (χ0n) is 9.42. The van der Waals surface area contributed by atoms with Gasteiger partial charge in [-0.25, -0.2) is 4.39 Å². The molecular weight excluding hydrogens is 207 g/mol. The molecule has 0 atom stereocenters. The summed E-state index contributed by atoms with van der Waals surface area (Å²) in [5, 5.41) is 3.20. The Morgan fingerprint density at radius 3 is 2.69 bits per heavy atom. The van der Waals surface area contributed by atoms with Gasteiger partial charge in [-0.15, -0.1) is 0 Å². The highest BCUT2D eigenvalue weighted by atomic mass is 19.1. The van der Waals surface area contributed by atoms with Gasteiger partial charge in [0.15, 0.2) is 0 Å². The van der Waals surface area contributed by atoms with E-state index in [0.717, 1.165) is 12.8 Å². The normalized spacial score (nSPS) is 16.4. The molecule has 3 nitrogen and oxygen atoms in total. The molecule has 1 aliphatic carbocycles. The number of nitrogen functional groups attached to an aromatic ring is 1. The molecule has 0 aromatic heterocycles. The van der Waals surface area contributed by atoms with Crippen molar-refractivity contribution in [1.29, 1.82) is 0 Å². The minimum atomic E-state index is -0.315. The van der Waals surface area contributed by atoms with Gasteiger partial charge < -0.3 is 15.8 Å². The molecule has 1 aliphatic rings. The van der Waals surface area contributed by atoms with E-state index in [1.807, 2.05) is 0 Å². The molecule has 0 bridgehead atoms. The Morgan fingerprint density at radius 1 is 1.38 bits per heavy atom. The van der Waals surface area contributed by atoms with Crippen LogP contribution in [0.1, 0.15) is 25.7 Å². The van der Waals surface area contributed by atoms with Gasteiger partial charge in [-0.3, -0.25) is 0 Å². The summed E-state index contributed by atoms with van der Waals surface area (Å²) >= 11 is 0. The summed E-state index contributed by atoms with van der Waals surface area (Å²) in [6.07, 6.45) is 4.63. The van der Waals surface area contributed by atoms with Gasteiger partial charge in [0.1, 0.15) is 11.6 Å². The van der Waals surface area contributed by atoms with E-state index in [-0.39, 0.29) is 5.82 Å². The van der Waals surface area contributed by atoms with Gasteiger partial charge in [0.05, 0.1) is 18.5 Å². The van der Waals surface area contributed by atoms with Gasteiger partial charge in [0.2, 0.25) is 0 Å². The maximum atomic E-state index is 13.6. The monoisotopic (exact) mass is 224 g/mol. The highest BCUT2D eigenvalue weighted by Gasteiger charge is 2.17. The van der Waals surface area contributed by atoms with E-state index >= 15 is 0 Å². The molecule has 0 spiro atoms. The average molecular weight is 224 g/mol. The molecule has 3 N–H and O–H groups in total. The van der Waals surface area contributed by atoms with Gasteiger partial charge in [-0.05, 0) is 12.8 Å². The molecule has 0 radical (unpaired) electrons. The molecule has 1 aromatic carbocycles. The lowest BCUT2D eigenvalue weighted by atomic mass is 10.2. The fourth-order valence-electron chi connectivity index (χ4n) is 2.15. The maximum absolute atomic E-state index is 13.6. The van der Waals surface area contributed by atoms with Crippen LogP contribution in [0.4, 0.5) is 15.8 Å². The van der Waals surface area contributed by atoms with Crippen LogP contribution in [0.3, 0.4) is 0 Å². The number of halogens is 1. The fourth-order valence-corrected chi connectivity index (χ4v) is 2.15. The Bertz CT molecular complexity index is 376. The number of methoxy groups -OCH3 is 1. The van der Waals surface area contributed by atoms with Crippen LogP contribution in [0.5, 0.6) is 5.75 Å². The predicted octanol–water partition coefficient (Wildman–Crippen LogP) is 2.77. The zero-order chi connectivity index (χ0) is 11.5. The average Bonchev–Trinajstić information content (AvgIpc) is 2.75. The van der Waals surface area contributed by atoms with Gasteiger partial charge in [-0.2, -0.15) is 0 Å². The van der Waals surface area contributed by atoms with Gasteiger partial charge in [0, 0.05) is 18.2 Å². The first-order chi connectivity index (χ1) is 7.70. The van der Waals surface area contributed by atoms with E-state index in [0.29, 0.717) is 23.2 Å². The SMILES string of the molecule is COc1cc(NC2CCCC2)c(F)cc1N. The summed E-state index contributed by atoms with van der Waals surface area (Å²) in [5.41, 5.74) is 6.43. The molecule has 0 amide bonds. The van der Waals surface area contributed by atoms with Gasteiger partial charge in [-0.1, -0.05) is 12.8 Å². The van der Waals surface area contributed by atoms with Gasteiger partial charge in [0.25, 0.3) is 0 Å². The summed E-state index contributed by atoms with van der Waals surface area (Å²) < 4.78 is 18.7. The first kappa shape index (κ1) is 11.0. The van der Waals surface area contributed by atoms with Crippen molar-refractivity contribution in [1.82, 2.24) is 0 Å². The van der Waals surface area contributed by atoms with E-state index in [1.165, 1.54) is 26.0 Å². The van der Waals surface area contributed by atoms with Crippen LogP contribution in [0.15, 0.2) is 12.1 Å². The van der Waals surface area contributed by atoms with Crippen LogP contribution in [0, 0.1) is 5.82 Å². The van der Waals surface area contributed by atoms with Crippen LogP contribution >= 0.6 is 0 Å². The molecule has 16 heavy (non-hydrogen) atoms. The topological polar surface area (TPSA) is 47.3 Å². The van der Waals surface area contributed by atoms with Crippen molar-refractivity contribution in [3.05, 3.63) is 17.9 Å². The van der Waals surface area contributed by atoms with Crippen LogP contribution in [-0.2, 0) is 0 Å². The second-order valence-corrected chi connectivity index (χ2v) is 4.20. The molecule has 1 saturated carbocycles. The van der Waals surface area contributed by atoms with Crippen LogP contribution in [0.25, 0.3) is 0 Å². The Kier molecular flexibility index (Phi) is 3.17. The summed E-state index contributed by atoms with van der Waals surface area (Å²) in [6.45, 7) is 0. The number of benzene rings is 1. The third-order valence-corrected chi connectivity index (χ3v) is 3.03. The highest BCUT2D eigenvalue weighted by molar-refractivity contribution is 5.62. The molecule has 1 fully saturated rings. The number of rotatable bonds is 3. The third kappa shape index (κ3) is 2.21. The van der Waals surface area contributed by atoms with E-state index in [9.17, 15) is 4.39 Å². The molecule has 0 aliphatic heterocycles. The maximum Gasteiger partial charge on any atom is 0.148 e. The molecule has 4 heteroatoms. The van der Waals surface area contributed by atoms with Crippen molar-refractivity contribution in [2.75, 3.05) is 18.2 Å². The largest absolute Gasteiger partial charge is 0.495 e. The van der Waals surface area contributed by atoms with Crippen molar-refractivity contribution in [3.8, 4) is 5.75 Å². The van der Waals surface area contributed by atoms with Crippen LogP contribution in [-0.4, -0.2) is 13.2 Å². The van der Waals surface area contributed by atoms with Crippen molar-refractivity contribution in [3.63, 3.8) is 0 Å². The third-order valence-electron chi connectivity index (χ3n) is 3.03. The molecule has 0 saturated heterocycles. The second kappa shape index (κ2) is 4.60. The number of hydrogen-bond acceptors (Lipinski definition) is 3. The fraction of sp³-hybridized carbons (Fsp3) is 0.500. The van der Waals surface area contributed by atoms with Crippen molar-refractivity contribution < 1.29 is 9.13 Å². The van der Waals surface area contributed by atoms with Crippen molar-refractivity contribution in [2.45, 2.75) is 31.7 Å². The number of anilines is 2. The van der Waals surface area contributed by atoms with Crippen molar-refractivity contribution in [2.24, 2.45) is 0 Å². The number of ether oxygens (including phenoxy) is 1. The lowest BCUT2D eigenvalue weighted by Gasteiger charge is -2.15. The van der Waals surface area contributed by atoms with Crippen molar-refractivity contribution >= 4 is 11.4 Å². The first-order valence-corrected chi connectivity index (χ1v) is 5.60. The Morgan fingerprint density at radius 2 is 2.06 bits per heavy atom. The smallest absolute Gasteiger partial charge is 0.148 e. The minimum Gasteiger partial charge on any atom is -0.495 e. The van der Waals surface area contributed by atoms with E-state index in [1.54, 1.807) is 6.07 Å². The molecular formula is C12H17FN2O. The highest BCUT2D eigenvalue weighted by Crippen LogP contribution is 2.30. The van der Waals surface area contributed by atoms with Gasteiger partial charge >= 0.3 is 0 Å². The summed E-state index contributed by atoms with van der Waals surface area (Å²) in [4.78, 5) is 0. The minimum absolute atomic E-state index is 0.315. The molecule has 0 heterocycles. The van der Waals surface area contributed by atoms with E-state index in [2.05, 4.69) is 5.32 Å². The molecule has 88 valence electrons. The van der Waals surface area contributed by atoms with Crippen LogP contribution in [0.2, 0.25) is 0 Å². The Balaban J connectivity index is 2.18. The summed E-state index contributed by atoms with van der Waals surface area (Å²) in [6, 6.07) is 3.31. The zero-order valence-corrected chi connectivity index (χ0v) is 9.42. The predicted molar refractivity (Wildman–Crippen MR) is 63.2 cm³/mol. The molecule has 2 rings (SSSR count). The Hall–Kier alpha value is -1.45. The molecule has 1 aromatic rings. The van der Waals surface area contributed by atoms with E-state index in [4.69, 9.17) is 10.5 Å². The lowest BCUT2D eigenvalue weighted by molar-refractivity contribution is 0.416. The first-order valence-electron chi connectivity index (χ1n) is 5.60. The van der Waals surface area contributed by atoms with Crippen LogP contribution < -0.4 is 15.8 Å². The summed E-state index contributed by atoms with van der Waals surface area (Å²) in [7, 11) is 1.53. The second-order valence-electron chi connectivity index (χ2n) is 4.20. The van der Waals surface area contributed by atoms with E-state index < -0.39 is 0 Å². The number of nitrogens with two attached hydrogens (primary N) is 1. The number of hydrogen-bond donors (Lipinski definition) is 2. The molecule has 0 unspecified atom stereocenters. The summed E-state index contributed by atoms with van der Waals surface area (Å²) in [5.74, 6) is 0.201.